The Hall–Kier alpha value is -2.18. The first-order chi connectivity index (χ1) is 15.5. The van der Waals surface area contributed by atoms with E-state index in [-0.39, 0.29) is 12.2 Å². The van der Waals surface area contributed by atoms with E-state index in [1.165, 1.54) is 15.4 Å². The molecule has 4 rings (SSSR count). The SMILES string of the molecule is CN(Cc1cccnc1C(F)(F)P)c1nc(N2CCC(C(F)(F)P)CC2)nc2ncccc12. The van der Waals surface area contributed by atoms with E-state index in [4.69, 9.17) is 4.98 Å². The van der Waals surface area contributed by atoms with Crippen LogP contribution in [0.15, 0.2) is 36.7 Å². The maximum Gasteiger partial charge on any atom is 0.300 e. The number of fused-ring (bicyclic) bond motifs is 1. The van der Waals surface area contributed by atoms with Crippen molar-refractivity contribution in [2.75, 3.05) is 29.9 Å². The first-order valence-corrected chi connectivity index (χ1v) is 11.6. The number of pyridine rings is 2. The average Bonchev–Trinajstić information content (AvgIpc) is 2.77. The number of alkyl halides is 4. The second-order valence-corrected chi connectivity index (χ2v) is 9.64. The van der Waals surface area contributed by atoms with E-state index in [1.807, 2.05) is 11.0 Å². The molecule has 6 nitrogen and oxygen atoms in total. The van der Waals surface area contributed by atoms with Gasteiger partial charge in [0, 0.05) is 45.0 Å². The van der Waals surface area contributed by atoms with Crippen LogP contribution < -0.4 is 9.80 Å². The number of aromatic nitrogens is 4. The Morgan fingerprint density at radius 2 is 1.70 bits per heavy atom. The molecule has 0 N–H and O–H groups in total. The molecule has 176 valence electrons. The van der Waals surface area contributed by atoms with Gasteiger partial charge in [0.25, 0.3) is 5.66 Å². The lowest BCUT2D eigenvalue weighted by Gasteiger charge is -2.34. The molecule has 0 amide bonds. The molecule has 3 aromatic rings. The summed E-state index contributed by atoms with van der Waals surface area (Å²) in [4.78, 5) is 21.0. The highest BCUT2D eigenvalue weighted by Gasteiger charge is 2.37. The van der Waals surface area contributed by atoms with Gasteiger partial charge in [-0.25, -0.2) is 13.8 Å². The Morgan fingerprint density at radius 3 is 2.36 bits per heavy atom. The molecule has 1 saturated heterocycles. The summed E-state index contributed by atoms with van der Waals surface area (Å²) >= 11 is 0. The van der Waals surface area contributed by atoms with Crippen LogP contribution in [-0.2, 0) is 12.2 Å². The van der Waals surface area contributed by atoms with Gasteiger partial charge < -0.3 is 9.80 Å². The van der Waals surface area contributed by atoms with Crippen LogP contribution in [0.2, 0.25) is 0 Å². The first-order valence-electron chi connectivity index (χ1n) is 10.4. The van der Waals surface area contributed by atoms with Crippen LogP contribution in [0.25, 0.3) is 11.0 Å². The van der Waals surface area contributed by atoms with Gasteiger partial charge in [0.1, 0.15) is 11.5 Å². The van der Waals surface area contributed by atoms with E-state index in [2.05, 4.69) is 15.0 Å². The molecule has 2 unspecified atom stereocenters. The molecular formula is C21H24F4N6P2. The maximum absolute atomic E-state index is 14.0. The fourth-order valence-corrected chi connectivity index (χ4v) is 4.62. The topological polar surface area (TPSA) is 58.0 Å². The Balaban J connectivity index is 1.66. The summed E-state index contributed by atoms with van der Waals surface area (Å²) in [7, 11) is 4.90. The Labute approximate surface area is 193 Å². The minimum absolute atomic E-state index is 0.134. The van der Waals surface area contributed by atoms with Crippen molar-refractivity contribution in [1.29, 1.82) is 0 Å². The molecule has 1 aliphatic rings. The predicted molar refractivity (Wildman–Crippen MR) is 127 cm³/mol. The van der Waals surface area contributed by atoms with Gasteiger partial charge in [-0.15, -0.1) is 0 Å². The monoisotopic (exact) mass is 498 g/mol. The molecule has 2 atom stereocenters. The largest absolute Gasteiger partial charge is 0.355 e. The van der Waals surface area contributed by atoms with Crippen molar-refractivity contribution in [2.45, 2.75) is 30.7 Å². The normalized spacial score (nSPS) is 15.8. The van der Waals surface area contributed by atoms with Gasteiger partial charge in [-0.1, -0.05) is 24.5 Å². The lowest BCUT2D eigenvalue weighted by atomic mass is 9.97. The molecule has 12 heteroatoms. The molecule has 0 spiro atoms. The number of hydrogen-bond donors (Lipinski definition) is 0. The van der Waals surface area contributed by atoms with Crippen molar-refractivity contribution in [3.05, 3.63) is 47.9 Å². The highest BCUT2D eigenvalue weighted by atomic mass is 31.0. The molecular weight excluding hydrogens is 474 g/mol. The van der Waals surface area contributed by atoms with Gasteiger partial charge in [0.15, 0.2) is 5.65 Å². The molecule has 0 saturated carbocycles. The third kappa shape index (κ3) is 5.33. The molecule has 33 heavy (non-hydrogen) atoms. The van der Waals surface area contributed by atoms with Crippen molar-refractivity contribution < 1.29 is 17.6 Å². The van der Waals surface area contributed by atoms with Gasteiger partial charge in [-0.05, 0) is 36.6 Å². The summed E-state index contributed by atoms with van der Waals surface area (Å²) in [5, 5.41) is 0.665. The first kappa shape index (κ1) is 24.0. The summed E-state index contributed by atoms with van der Waals surface area (Å²) in [6.07, 6.45) is 3.57. The van der Waals surface area contributed by atoms with Crippen molar-refractivity contribution in [2.24, 2.45) is 5.92 Å². The standard InChI is InChI=1S/C21H24F4N6P2/c1-30(12-13-4-2-8-26-16(13)21(24,25)33)18-15-5-3-9-27-17(15)28-19(29-18)31-10-6-14(7-11-31)20(22,23)32/h2-5,8-9,14H,6-7,10-12,32-33H2,1H3. The van der Waals surface area contributed by atoms with E-state index in [1.54, 1.807) is 45.6 Å². The van der Waals surface area contributed by atoms with Crippen LogP contribution >= 0.6 is 18.5 Å². The molecule has 1 fully saturated rings. The summed E-state index contributed by atoms with van der Waals surface area (Å²) in [6.45, 7) is 0.916. The second-order valence-electron chi connectivity index (χ2n) is 8.15. The highest BCUT2D eigenvalue weighted by molar-refractivity contribution is 7.18. The third-order valence-electron chi connectivity index (χ3n) is 5.74. The molecule has 0 bridgehead atoms. The van der Waals surface area contributed by atoms with Crippen LogP contribution in [0.5, 0.6) is 0 Å². The van der Waals surface area contributed by atoms with Crippen molar-refractivity contribution in [3.63, 3.8) is 0 Å². The van der Waals surface area contributed by atoms with Crippen LogP contribution in [0.4, 0.5) is 29.3 Å². The maximum atomic E-state index is 14.0. The summed E-state index contributed by atoms with van der Waals surface area (Å²) in [5.41, 5.74) is -5.48. The van der Waals surface area contributed by atoms with Gasteiger partial charge in [-0.3, -0.25) is 4.98 Å². The van der Waals surface area contributed by atoms with Crippen LogP contribution in [-0.4, -0.2) is 45.7 Å². The van der Waals surface area contributed by atoms with E-state index >= 15 is 0 Å². The predicted octanol–water partition coefficient (Wildman–Crippen LogP) is 4.66. The zero-order valence-electron chi connectivity index (χ0n) is 17.9. The van der Waals surface area contributed by atoms with Crippen LogP contribution in [0.3, 0.4) is 0 Å². The second kappa shape index (κ2) is 9.22. The van der Waals surface area contributed by atoms with Gasteiger partial charge in [0.2, 0.25) is 5.95 Å². The summed E-state index contributed by atoms with van der Waals surface area (Å²) in [5.74, 6) is 0.192. The lowest BCUT2D eigenvalue weighted by Crippen LogP contribution is -2.39. The molecule has 0 aliphatic carbocycles. The zero-order chi connectivity index (χ0) is 23.8. The van der Waals surface area contributed by atoms with Gasteiger partial charge in [0.05, 0.1) is 5.39 Å². The highest BCUT2D eigenvalue weighted by Crippen LogP contribution is 2.39. The summed E-state index contributed by atoms with van der Waals surface area (Å²) in [6, 6.07) is 6.78. The minimum atomic E-state index is -3.16. The third-order valence-corrected chi connectivity index (χ3v) is 6.48. The minimum Gasteiger partial charge on any atom is -0.355 e. The number of hydrogen-bond acceptors (Lipinski definition) is 6. The Kier molecular flexibility index (Phi) is 6.70. The lowest BCUT2D eigenvalue weighted by molar-refractivity contribution is 0.0245. The van der Waals surface area contributed by atoms with E-state index in [0.717, 1.165) is 0 Å². The number of rotatable bonds is 6. The average molecular weight is 498 g/mol. The van der Waals surface area contributed by atoms with Crippen molar-refractivity contribution in [3.8, 4) is 0 Å². The fourth-order valence-electron chi connectivity index (χ4n) is 4.03. The molecule has 1 aliphatic heterocycles. The number of piperidine rings is 1. The van der Waals surface area contributed by atoms with Crippen molar-refractivity contribution >= 4 is 41.3 Å². The van der Waals surface area contributed by atoms with E-state index in [9.17, 15) is 17.6 Å². The summed E-state index contributed by atoms with van der Waals surface area (Å²) < 4.78 is 55.4. The van der Waals surface area contributed by atoms with Crippen LogP contribution in [0, 0.1) is 5.92 Å². The van der Waals surface area contributed by atoms with Gasteiger partial charge in [-0.2, -0.15) is 18.7 Å². The van der Waals surface area contributed by atoms with E-state index in [0.29, 0.717) is 54.3 Å². The van der Waals surface area contributed by atoms with Gasteiger partial charge >= 0.3 is 5.66 Å². The zero-order valence-corrected chi connectivity index (χ0v) is 20.2. The molecule has 4 heterocycles. The molecule has 0 aromatic carbocycles. The molecule has 3 aromatic heterocycles. The quantitative estimate of drug-likeness (QED) is 0.364. The fraction of sp³-hybridized carbons (Fsp3) is 0.429. The smallest absolute Gasteiger partial charge is 0.300 e. The van der Waals surface area contributed by atoms with E-state index < -0.39 is 17.2 Å². The number of halogens is 4. The van der Waals surface area contributed by atoms with Crippen molar-refractivity contribution in [1.82, 2.24) is 19.9 Å². The van der Waals surface area contributed by atoms with Crippen LogP contribution in [0.1, 0.15) is 24.1 Å². The Bertz CT molecular complexity index is 1130. The number of anilines is 2. The number of nitrogens with zero attached hydrogens (tertiary/aromatic N) is 6. The Morgan fingerprint density at radius 1 is 1.03 bits per heavy atom. The molecule has 0 radical (unpaired) electrons.